The number of aromatic nitrogens is 2. The van der Waals surface area contributed by atoms with Gasteiger partial charge in [0.25, 0.3) is 0 Å². The maximum atomic E-state index is 4.37. The third kappa shape index (κ3) is 3.56. The van der Waals surface area contributed by atoms with E-state index in [1.54, 1.807) is 0 Å². The van der Waals surface area contributed by atoms with Crippen LogP contribution in [-0.4, -0.2) is 9.97 Å². The molecule has 4 rings (SSSR count). The molecule has 0 radical (unpaired) electrons. The Bertz CT molecular complexity index is 851. The molecule has 3 heteroatoms. The van der Waals surface area contributed by atoms with Crippen LogP contribution in [0.25, 0.3) is 22.5 Å². The van der Waals surface area contributed by atoms with Crippen molar-refractivity contribution in [3.63, 3.8) is 0 Å². The molecule has 0 aliphatic carbocycles. The molecule has 0 fully saturated rings. The summed E-state index contributed by atoms with van der Waals surface area (Å²) in [6.07, 6.45) is 3.62. The van der Waals surface area contributed by atoms with Crippen LogP contribution in [0.3, 0.4) is 0 Å². The van der Waals surface area contributed by atoms with Crippen molar-refractivity contribution in [2.75, 3.05) is 5.32 Å². The molecular formula is C22H17N3. The van der Waals surface area contributed by atoms with Crippen molar-refractivity contribution in [1.82, 2.24) is 9.97 Å². The van der Waals surface area contributed by atoms with Gasteiger partial charge in [-0.2, -0.15) is 0 Å². The fraction of sp³-hybridized carbons (Fsp3) is 0. The standard InChI is InChI=1S/C22H17N3/c1-3-15-23-21(5-1)17-7-11-19(12-8-17)25-20-13-9-18(10-14-20)22-6-2-4-16-24-22/h1-16,25H. The SMILES string of the molecule is c1ccc(-c2ccc(Nc3ccc(-c4ccccn4)cc3)cc2)nc1. The van der Waals surface area contributed by atoms with Crippen LogP contribution in [0.15, 0.2) is 97.3 Å². The summed E-state index contributed by atoms with van der Waals surface area (Å²) in [7, 11) is 0. The second-order valence-electron chi connectivity index (χ2n) is 5.71. The molecule has 120 valence electrons. The highest BCUT2D eigenvalue weighted by atomic mass is 14.9. The lowest BCUT2D eigenvalue weighted by atomic mass is 10.1. The number of hydrogen-bond acceptors (Lipinski definition) is 3. The van der Waals surface area contributed by atoms with E-state index in [9.17, 15) is 0 Å². The van der Waals surface area contributed by atoms with E-state index < -0.39 is 0 Å². The quantitative estimate of drug-likeness (QED) is 0.535. The van der Waals surface area contributed by atoms with E-state index in [0.29, 0.717) is 0 Å². The van der Waals surface area contributed by atoms with Crippen molar-refractivity contribution in [3.05, 3.63) is 97.3 Å². The Hall–Kier alpha value is -3.46. The van der Waals surface area contributed by atoms with Crippen LogP contribution >= 0.6 is 0 Å². The molecule has 2 aromatic heterocycles. The minimum absolute atomic E-state index is 0.980. The molecule has 0 unspecified atom stereocenters. The lowest BCUT2D eigenvalue weighted by molar-refractivity contribution is 1.32. The zero-order valence-corrected chi connectivity index (χ0v) is 13.6. The van der Waals surface area contributed by atoms with Gasteiger partial charge in [-0.25, -0.2) is 0 Å². The summed E-state index contributed by atoms with van der Waals surface area (Å²) < 4.78 is 0. The van der Waals surface area contributed by atoms with Gasteiger partial charge in [0.1, 0.15) is 0 Å². The summed E-state index contributed by atoms with van der Waals surface area (Å²) in [5.41, 5.74) is 6.27. The molecule has 0 bridgehead atoms. The third-order valence-electron chi connectivity index (χ3n) is 3.98. The minimum atomic E-state index is 0.980. The fourth-order valence-electron chi connectivity index (χ4n) is 2.68. The molecule has 1 N–H and O–H groups in total. The smallest absolute Gasteiger partial charge is 0.0701 e. The Balaban J connectivity index is 1.49. The topological polar surface area (TPSA) is 37.8 Å². The van der Waals surface area contributed by atoms with Gasteiger partial charge in [0.05, 0.1) is 11.4 Å². The van der Waals surface area contributed by atoms with Crippen molar-refractivity contribution < 1.29 is 0 Å². The summed E-state index contributed by atoms with van der Waals surface area (Å²) in [5, 5.41) is 3.42. The Labute approximate surface area is 147 Å². The Morgan fingerprint density at radius 3 is 1.28 bits per heavy atom. The van der Waals surface area contributed by atoms with Crippen LogP contribution in [0.5, 0.6) is 0 Å². The monoisotopic (exact) mass is 323 g/mol. The largest absolute Gasteiger partial charge is 0.356 e. The van der Waals surface area contributed by atoms with E-state index in [0.717, 1.165) is 33.9 Å². The first kappa shape index (κ1) is 15.1. The molecule has 0 atom stereocenters. The van der Waals surface area contributed by atoms with E-state index in [4.69, 9.17) is 0 Å². The van der Waals surface area contributed by atoms with Gasteiger partial charge in [0.2, 0.25) is 0 Å². The predicted octanol–water partition coefficient (Wildman–Crippen LogP) is 5.55. The van der Waals surface area contributed by atoms with Gasteiger partial charge in [0, 0.05) is 34.9 Å². The van der Waals surface area contributed by atoms with E-state index in [1.165, 1.54) is 0 Å². The van der Waals surface area contributed by atoms with Gasteiger partial charge in [-0.3, -0.25) is 9.97 Å². The zero-order chi connectivity index (χ0) is 16.9. The second kappa shape index (κ2) is 6.97. The molecule has 0 aliphatic rings. The predicted molar refractivity (Wildman–Crippen MR) is 103 cm³/mol. The number of nitrogens with one attached hydrogen (secondary N) is 1. The van der Waals surface area contributed by atoms with E-state index >= 15 is 0 Å². The maximum absolute atomic E-state index is 4.37. The molecule has 0 saturated carbocycles. The normalized spacial score (nSPS) is 10.4. The Morgan fingerprint density at radius 2 is 0.920 bits per heavy atom. The van der Waals surface area contributed by atoms with Gasteiger partial charge >= 0.3 is 0 Å². The van der Waals surface area contributed by atoms with Crippen molar-refractivity contribution in [3.8, 4) is 22.5 Å². The average Bonchev–Trinajstić information content (AvgIpc) is 2.71. The van der Waals surface area contributed by atoms with Crippen molar-refractivity contribution in [2.24, 2.45) is 0 Å². The molecule has 2 aromatic carbocycles. The van der Waals surface area contributed by atoms with Crippen LogP contribution in [0, 0.1) is 0 Å². The summed E-state index contributed by atoms with van der Waals surface area (Å²) >= 11 is 0. The van der Waals surface area contributed by atoms with Crippen molar-refractivity contribution in [2.45, 2.75) is 0 Å². The molecule has 3 nitrogen and oxygen atoms in total. The number of anilines is 2. The Kier molecular flexibility index (Phi) is 4.21. The summed E-state index contributed by atoms with van der Waals surface area (Å²) in [6, 6.07) is 28.4. The summed E-state index contributed by atoms with van der Waals surface area (Å²) in [5.74, 6) is 0. The highest BCUT2D eigenvalue weighted by Crippen LogP contribution is 2.24. The number of benzene rings is 2. The molecule has 0 aliphatic heterocycles. The van der Waals surface area contributed by atoms with E-state index in [1.807, 2.05) is 48.8 Å². The van der Waals surface area contributed by atoms with Crippen LogP contribution < -0.4 is 5.32 Å². The van der Waals surface area contributed by atoms with Gasteiger partial charge in [-0.05, 0) is 48.5 Å². The van der Waals surface area contributed by atoms with Gasteiger partial charge in [-0.15, -0.1) is 0 Å². The van der Waals surface area contributed by atoms with Crippen LogP contribution in [0.2, 0.25) is 0 Å². The van der Waals surface area contributed by atoms with Gasteiger partial charge < -0.3 is 5.32 Å². The molecule has 0 spiro atoms. The first-order valence-corrected chi connectivity index (χ1v) is 8.18. The van der Waals surface area contributed by atoms with Gasteiger partial charge in [-0.1, -0.05) is 36.4 Å². The average molecular weight is 323 g/mol. The minimum Gasteiger partial charge on any atom is -0.356 e. The number of hydrogen-bond donors (Lipinski definition) is 1. The van der Waals surface area contributed by atoms with Crippen molar-refractivity contribution in [1.29, 1.82) is 0 Å². The molecule has 0 saturated heterocycles. The third-order valence-corrected chi connectivity index (χ3v) is 3.98. The van der Waals surface area contributed by atoms with Crippen LogP contribution in [0.4, 0.5) is 11.4 Å². The summed E-state index contributed by atoms with van der Waals surface area (Å²) in [6.45, 7) is 0. The molecule has 0 amide bonds. The first-order chi connectivity index (χ1) is 12.4. The first-order valence-electron chi connectivity index (χ1n) is 8.18. The molecule has 2 heterocycles. The van der Waals surface area contributed by atoms with E-state index in [2.05, 4.69) is 63.8 Å². The van der Waals surface area contributed by atoms with Crippen molar-refractivity contribution >= 4 is 11.4 Å². The summed E-state index contributed by atoms with van der Waals surface area (Å²) in [4.78, 5) is 8.75. The zero-order valence-electron chi connectivity index (χ0n) is 13.6. The van der Waals surface area contributed by atoms with Gasteiger partial charge in [0.15, 0.2) is 0 Å². The molecule has 25 heavy (non-hydrogen) atoms. The number of rotatable bonds is 4. The van der Waals surface area contributed by atoms with E-state index in [-0.39, 0.29) is 0 Å². The lowest BCUT2D eigenvalue weighted by Gasteiger charge is -2.08. The highest BCUT2D eigenvalue weighted by molar-refractivity contribution is 5.68. The Morgan fingerprint density at radius 1 is 0.480 bits per heavy atom. The maximum Gasteiger partial charge on any atom is 0.0701 e. The molecular weight excluding hydrogens is 306 g/mol. The second-order valence-corrected chi connectivity index (χ2v) is 5.71. The van der Waals surface area contributed by atoms with Crippen LogP contribution in [0.1, 0.15) is 0 Å². The number of pyridine rings is 2. The number of nitrogens with zero attached hydrogens (tertiary/aromatic N) is 2. The molecule has 4 aromatic rings. The fourth-order valence-corrected chi connectivity index (χ4v) is 2.68. The van der Waals surface area contributed by atoms with Crippen LogP contribution in [-0.2, 0) is 0 Å². The lowest BCUT2D eigenvalue weighted by Crippen LogP contribution is -1.91. The highest BCUT2D eigenvalue weighted by Gasteiger charge is 2.01.